The first kappa shape index (κ1) is 24.5. The lowest BCUT2D eigenvalue weighted by molar-refractivity contribution is -0.137. The highest BCUT2D eigenvalue weighted by Crippen LogP contribution is 2.33. The number of Topliss-reactive ketones (excluding diaryl/α,β-unsaturated/α-hetero) is 1. The van der Waals surface area contributed by atoms with Crippen molar-refractivity contribution in [3.05, 3.63) is 24.3 Å². The van der Waals surface area contributed by atoms with Crippen LogP contribution in [0.3, 0.4) is 0 Å². The molecule has 160 valence electrons. The molecule has 0 saturated heterocycles. The molecule has 0 spiro atoms. The molecule has 1 aliphatic carbocycles. The number of hydrogen-bond acceptors (Lipinski definition) is 5. The van der Waals surface area contributed by atoms with Crippen LogP contribution >= 0.6 is 0 Å². The van der Waals surface area contributed by atoms with Crippen molar-refractivity contribution in [1.82, 2.24) is 0 Å². The molecule has 0 amide bonds. The Kier molecular flexibility index (Phi) is 12.0. The molecule has 0 radical (unpaired) electrons. The van der Waals surface area contributed by atoms with E-state index in [-0.39, 0.29) is 36.4 Å². The predicted molar refractivity (Wildman–Crippen MR) is 108 cm³/mol. The van der Waals surface area contributed by atoms with Crippen LogP contribution in [0, 0.1) is 17.8 Å². The van der Waals surface area contributed by atoms with E-state index in [9.17, 15) is 19.8 Å². The molecule has 0 heterocycles. The third-order valence-electron chi connectivity index (χ3n) is 5.42. The Hall–Kier alpha value is -1.50. The maximum absolute atomic E-state index is 12.2. The number of carbonyl (C=O) groups excluding carboxylic acids is 1. The summed E-state index contributed by atoms with van der Waals surface area (Å²) in [5.41, 5.74) is 0. The zero-order chi connectivity index (χ0) is 20.9. The van der Waals surface area contributed by atoms with Crippen molar-refractivity contribution < 1.29 is 29.6 Å². The van der Waals surface area contributed by atoms with Gasteiger partial charge in [-0.1, -0.05) is 37.6 Å². The molecule has 1 aliphatic rings. The van der Waals surface area contributed by atoms with Crippen LogP contribution in [0.25, 0.3) is 0 Å². The molecule has 0 aromatic carbocycles. The van der Waals surface area contributed by atoms with Crippen molar-refractivity contribution in [1.29, 1.82) is 0 Å². The number of hydrogen-bond donors (Lipinski definition) is 3. The molecular formula is C22H36O6. The molecule has 0 bridgehead atoms. The summed E-state index contributed by atoms with van der Waals surface area (Å²) in [5, 5.41) is 29.2. The number of carboxylic acids is 1. The van der Waals surface area contributed by atoms with Crippen molar-refractivity contribution in [2.45, 2.75) is 70.5 Å². The summed E-state index contributed by atoms with van der Waals surface area (Å²) in [7, 11) is 1.68. The van der Waals surface area contributed by atoms with E-state index in [1.165, 1.54) is 0 Å². The van der Waals surface area contributed by atoms with E-state index in [4.69, 9.17) is 9.84 Å². The van der Waals surface area contributed by atoms with Crippen LogP contribution in [0.2, 0.25) is 0 Å². The average molecular weight is 397 g/mol. The van der Waals surface area contributed by atoms with E-state index in [0.717, 1.165) is 25.9 Å². The molecule has 1 fully saturated rings. The maximum atomic E-state index is 12.2. The van der Waals surface area contributed by atoms with Crippen LogP contribution in [0.1, 0.15) is 58.3 Å². The highest BCUT2D eigenvalue weighted by Gasteiger charge is 2.39. The third-order valence-corrected chi connectivity index (χ3v) is 5.42. The molecule has 3 N–H and O–H groups in total. The molecule has 0 aromatic rings. The summed E-state index contributed by atoms with van der Waals surface area (Å²) in [5.74, 6) is -1.23. The van der Waals surface area contributed by atoms with Crippen molar-refractivity contribution in [3.63, 3.8) is 0 Å². The van der Waals surface area contributed by atoms with Crippen LogP contribution in [-0.2, 0) is 14.3 Å². The van der Waals surface area contributed by atoms with Crippen LogP contribution < -0.4 is 0 Å². The minimum atomic E-state index is -0.806. The monoisotopic (exact) mass is 396 g/mol. The summed E-state index contributed by atoms with van der Waals surface area (Å²) < 4.78 is 5.03. The van der Waals surface area contributed by atoms with Gasteiger partial charge in [-0.25, -0.2) is 0 Å². The molecule has 6 heteroatoms. The van der Waals surface area contributed by atoms with E-state index in [2.05, 4.69) is 0 Å². The molecule has 6 nitrogen and oxygen atoms in total. The molecule has 28 heavy (non-hydrogen) atoms. The van der Waals surface area contributed by atoms with Gasteiger partial charge in [0.1, 0.15) is 5.78 Å². The second kappa shape index (κ2) is 13.6. The smallest absolute Gasteiger partial charge is 0.303 e. The molecule has 0 aliphatic heterocycles. The van der Waals surface area contributed by atoms with E-state index in [1.54, 1.807) is 19.3 Å². The Balaban J connectivity index is 2.50. The van der Waals surface area contributed by atoms with Crippen LogP contribution in [0.15, 0.2) is 24.3 Å². The standard InChI is InChI=1S/C22H36O6/c1-16(9-7-8-14-28-2)19(23)13-12-18-17(20(24)15-21(18)25)10-5-3-4-6-11-22(26)27/h3,5,12-13,16-19,21,23,25H,4,6-11,14-15H2,1-2H3,(H,26,27)/b5-3-,13-12+/t16?,17-,18-,19-,21-/m1/s1. The Labute approximate surface area is 168 Å². The van der Waals surface area contributed by atoms with E-state index < -0.39 is 18.2 Å². The minimum Gasteiger partial charge on any atom is -0.481 e. The zero-order valence-corrected chi connectivity index (χ0v) is 17.1. The SMILES string of the molecule is COCCCCC(C)[C@H](O)/C=C/[C@H]1[C@H](O)CC(=O)[C@@H]1C/C=C\CCCC(=O)O. The van der Waals surface area contributed by atoms with Gasteiger partial charge in [-0.05, 0) is 38.0 Å². The van der Waals surface area contributed by atoms with Gasteiger partial charge >= 0.3 is 5.97 Å². The highest BCUT2D eigenvalue weighted by molar-refractivity contribution is 5.84. The molecular weight excluding hydrogens is 360 g/mol. The quantitative estimate of drug-likeness (QED) is 0.308. The molecule has 1 saturated carbocycles. The number of unbranched alkanes of at least 4 members (excludes halogenated alkanes) is 2. The Morgan fingerprint density at radius 1 is 1.29 bits per heavy atom. The number of rotatable bonds is 14. The van der Waals surface area contributed by atoms with Gasteiger partial charge < -0.3 is 20.1 Å². The number of aliphatic hydroxyl groups is 2. The van der Waals surface area contributed by atoms with Gasteiger partial charge in [0, 0.05) is 38.4 Å². The van der Waals surface area contributed by atoms with Crippen molar-refractivity contribution in [2.24, 2.45) is 17.8 Å². The van der Waals surface area contributed by atoms with Gasteiger partial charge in [-0.3, -0.25) is 9.59 Å². The van der Waals surface area contributed by atoms with Gasteiger partial charge in [0.05, 0.1) is 12.2 Å². The number of methoxy groups -OCH3 is 1. The Bertz CT molecular complexity index is 527. The van der Waals surface area contributed by atoms with Crippen molar-refractivity contribution in [3.8, 4) is 0 Å². The zero-order valence-electron chi connectivity index (χ0n) is 17.1. The fourth-order valence-electron chi connectivity index (χ4n) is 3.57. The van der Waals surface area contributed by atoms with Gasteiger partial charge in [0.15, 0.2) is 0 Å². The second-order valence-corrected chi connectivity index (χ2v) is 7.76. The Morgan fingerprint density at radius 3 is 2.71 bits per heavy atom. The molecule has 5 atom stereocenters. The number of ketones is 1. The lowest BCUT2D eigenvalue weighted by Crippen LogP contribution is -2.20. The number of carbonyl (C=O) groups is 2. The highest BCUT2D eigenvalue weighted by atomic mass is 16.5. The summed E-state index contributed by atoms with van der Waals surface area (Å²) in [6.07, 6.45) is 10.9. The maximum Gasteiger partial charge on any atom is 0.303 e. The number of carboxylic acid groups (broad SMARTS) is 1. The molecule has 0 aromatic heterocycles. The first-order chi connectivity index (χ1) is 13.4. The van der Waals surface area contributed by atoms with Crippen LogP contribution in [-0.4, -0.2) is 53.0 Å². The fourth-order valence-corrected chi connectivity index (χ4v) is 3.57. The van der Waals surface area contributed by atoms with Gasteiger partial charge in [0.2, 0.25) is 0 Å². The predicted octanol–water partition coefficient (Wildman–Crippen LogP) is 3.12. The van der Waals surface area contributed by atoms with Crippen molar-refractivity contribution >= 4 is 11.8 Å². The topological polar surface area (TPSA) is 104 Å². The summed E-state index contributed by atoms with van der Waals surface area (Å²) in [6, 6.07) is 0. The normalized spacial score (nSPS) is 25.0. The van der Waals surface area contributed by atoms with Gasteiger partial charge in [0.25, 0.3) is 0 Å². The minimum absolute atomic E-state index is 0.0411. The largest absolute Gasteiger partial charge is 0.481 e. The number of aliphatic carboxylic acids is 1. The summed E-state index contributed by atoms with van der Waals surface area (Å²) in [6.45, 7) is 2.72. The lowest BCUT2D eigenvalue weighted by Gasteiger charge is -2.19. The van der Waals surface area contributed by atoms with E-state index >= 15 is 0 Å². The van der Waals surface area contributed by atoms with E-state index in [1.807, 2.05) is 19.1 Å². The van der Waals surface area contributed by atoms with Crippen LogP contribution in [0.5, 0.6) is 0 Å². The lowest BCUT2D eigenvalue weighted by atomic mass is 9.89. The van der Waals surface area contributed by atoms with Crippen LogP contribution in [0.4, 0.5) is 0 Å². The molecule has 1 unspecified atom stereocenters. The Morgan fingerprint density at radius 2 is 2.04 bits per heavy atom. The second-order valence-electron chi connectivity index (χ2n) is 7.76. The summed E-state index contributed by atoms with van der Waals surface area (Å²) in [4.78, 5) is 22.7. The number of aliphatic hydroxyl groups excluding tert-OH is 2. The van der Waals surface area contributed by atoms with E-state index in [0.29, 0.717) is 19.3 Å². The van der Waals surface area contributed by atoms with Gasteiger partial charge in [-0.15, -0.1) is 0 Å². The third kappa shape index (κ3) is 9.13. The fraction of sp³-hybridized carbons (Fsp3) is 0.727. The first-order valence-corrected chi connectivity index (χ1v) is 10.3. The van der Waals surface area contributed by atoms with Crippen molar-refractivity contribution in [2.75, 3.05) is 13.7 Å². The van der Waals surface area contributed by atoms with Gasteiger partial charge in [-0.2, -0.15) is 0 Å². The number of allylic oxidation sites excluding steroid dienone is 2. The summed E-state index contributed by atoms with van der Waals surface area (Å²) >= 11 is 0. The molecule has 1 rings (SSSR count). The number of ether oxygens (including phenoxy) is 1. The average Bonchev–Trinajstić information content (AvgIpc) is 2.91. The first-order valence-electron chi connectivity index (χ1n) is 10.3.